The van der Waals surface area contributed by atoms with Crippen LogP contribution in [0.2, 0.25) is 0 Å². The first-order chi connectivity index (χ1) is 8.91. The highest BCUT2D eigenvalue weighted by atomic mass is 16.5. The molecular weight excluding hydrogens is 246 g/mol. The largest absolute Gasteiger partial charge is 0.480 e. The van der Waals surface area contributed by atoms with Crippen molar-refractivity contribution in [2.45, 2.75) is 58.6 Å². The first-order valence-electron chi connectivity index (χ1n) is 7.05. The molecule has 0 bridgehead atoms. The van der Waals surface area contributed by atoms with Gasteiger partial charge in [0.2, 0.25) is 5.91 Å². The smallest absolute Gasteiger partial charge is 0.326 e. The number of rotatable bonds is 7. The van der Waals surface area contributed by atoms with Crippen molar-refractivity contribution in [1.82, 2.24) is 4.90 Å². The van der Waals surface area contributed by atoms with Crippen molar-refractivity contribution in [3.63, 3.8) is 0 Å². The van der Waals surface area contributed by atoms with E-state index in [1.165, 1.54) is 4.90 Å². The predicted octanol–water partition coefficient (Wildman–Crippen LogP) is 1.90. The van der Waals surface area contributed by atoms with Crippen molar-refractivity contribution < 1.29 is 19.4 Å². The molecule has 1 rings (SSSR count). The van der Waals surface area contributed by atoms with Gasteiger partial charge in [-0.15, -0.1) is 0 Å². The number of ether oxygens (including phenoxy) is 1. The molecule has 5 nitrogen and oxygen atoms in total. The van der Waals surface area contributed by atoms with Gasteiger partial charge in [0.1, 0.15) is 6.04 Å². The molecule has 2 unspecified atom stereocenters. The van der Waals surface area contributed by atoms with E-state index in [1.54, 1.807) is 0 Å². The lowest BCUT2D eigenvalue weighted by Gasteiger charge is -2.22. The Balaban J connectivity index is 2.29. The van der Waals surface area contributed by atoms with E-state index >= 15 is 0 Å². The maximum atomic E-state index is 11.9. The van der Waals surface area contributed by atoms with Crippen LogP contribution in [0.4, 0.5) is 0 Å². The molecule has 0 aromatic rings. The average molecular weight is 271 g/mol. The number of carboxylic acid groups (broad SMARTS) is 1. The van der Waals surface area contributed by atoms with Gasteiger partial charge in [0.05, 0.1) is 19.1 Å². The molecule has 0 spiro atoms. The summed E-state index contributed by atoms with van der Waals surface area (Å²) >= 11 is 0. The molecule has 1 N–H and O–H groups in total. The van der Waals surface area contributed by atoms with Crippen molar-refractivity contribution in [3.8, 4) is 0 Å². The van der Waals surface area contributed by atoms with Crippen LogP contribution in [-0.2, 0) is 14.3 Å². The van der Waals surface area contributed by atoms with E-state index in [0.717, 1.165) is 12.8 Å². The van der Waals surface area contributed by atoms with Crippen molar-refractivity contribution in [2.75, 3.05) is 13.2 Å². The minimum Gasteiger partial charge on any atom is -0.480 e. The van der Waals surface area contributed by atoms with Gasteiger partial charge in [0.15, 0.2) is 0 Å². The molecule has 0 aliphatic carbocycles. The van der Waals surface area contributed by atoms with Crippen LogP contribution in [-0.4, -0.2) is 47.2 Å². The lowest BCUT2D eigenvalue weighted by atomic mass is 10.1. The zero-order valence-corrected chi connectivity index (χ0v) is 12.1. The fourth-order valence-electron chi connectivity index (χ4n) is 2.54. The minimum atomic E-state index is -0.903. The van der Waals surface area contributed by atoms with Gasteiger partial charge in [-0.2, -0.15) is 0 Å². The van der Waals surface area contributed by atoms with Crippen LogP contribution in [0.15, 0.2) is 0 Å². The normalized spacial score (nSPS) is 20.8. The van der Waals surface area contributed by atoms with Gasteiger partial charge < -0.3 is 14.7 Å². The molecule has 1 aliphatic heterocycles. The lowest BCUT2D eigenvalue weighted by molar-refractivity contribution is -0.148. The van der Waals surface area contributed by atoms with Gasteiger partial charge in [-0.05, 0) is 32.1 Å². The summed E-state index contributed by atoms with van der Waals surface area (Å²) in [4.78, 5) is 24.4. The van der Waals surface area contributed by atoms with Crippen LogP contribution < -0.4 is 0 Å². The van der Waals surface area contributed by atoms with E-state index in [0.29, 0.717) is 25.5 Å². The number of carboxylic acids is 1. The van der Waals surface area contributed by atoms with Crippen molar-refractivity contribution >= 4 is 11.9 Å². The summed E-state index contributed by atoms with van der Waals surface area (Å²) in [5, 5.41) is 9.02. The van der Waals surface area contributed by atoms with Gasteiger partial charge in [0, 0.05) is 6.54 Å². The number of carbonyl (C=O) groups is 2. The van der Waals surface area contributed by atoms with E-state index in [1.807, 2.05) is 6.92 Å². The molecule has 0 saturated carbocycles. The number of likely N-dealkylation sites (tertiary alicyclic amines) is 1. The number of aliphatic carboxylic acids is 1. The topological polar surface area (TPSA) is 66.8 Å². The fraction of sp³-hybridized carbons (Fsp3) is 0.857. The SMILES string of the molecule is CC(C)CC(C)OCCC(=O)N1CCCC1C(=O)O. The van der Waals surface area contributed by atoms with Crippen LogP contribution in [0, 0.1) is 5.92 Å². The van der Waals surface area contributed by atoms with Crippen LogP contribution >= 0.6 is 0 Å². The summed E-state index contributed by atoms with van der Waals surface area (Å²) in [7, 11) is 0. The molecule has 1 saturated heterocycles. The van der Waals surface area contributed by atoms with E-state index in [4.69, 9.17) is 9.84 Å². The lowest BCUT2D eigenvalue weighted by Crippen LogP contribution is -2.40. The number of hydrogen-bond acceptors (Lipinski definition) is 3. The highest BCUT2D eigenvalue weighted by Crippen LogP contribution is 2.18. The number of nitrogens with zero attached hydrogens (tertiary/aromatic N) is 1. The molecule has 1 amide bonds. The zero-order chi connectivity index (χ0) is 14.4. The molecule has 1 fully saturated rings. The van der Waals surface area contributed by atoms with E-state index in [9.17, 15) is 9.59 Å². The van der Waals surface area contributed by atoms with Crippen LogP contribution in [0.1, 0.15) is 46.5 Å². The third-order valence-corrected chi connectivity index (χ3v) is 3.38. The Kier molecular flexibility index (Phi) is 6.28. The zero-order valence-electron chi connectivity index (χ0n) is 12.1. The molecule has 0 aromatic carbocycles. The highest BCUT2D eigenvalue weighted by Gasteiger charge is 2.33. The third kappa shape index (κ3) is 5.19. The van der Waals surface area contributed by atoms with Crippen LogP contribution in [0.5, 0.6) is 0 Å². The Hall–Kier alpha value is -1.10. The Labute approximate surface area is 114 Å². The Bertz CT molecular complexity index is 317. The first kappa shape index (κ1) is 16.0. The predicted molar refractivity (Wildman–Crippen MR) is 71.9 cm³/mol. The third-order valence-electron chi connectivity index (χ3n) is 3.38. The van der Waals surface area contributed by atoms with Crippen LogP contribution in [0.3, 0.4) is 0 Å². The molecule has 0 aromatic heterocycles. The summed E-state index contributed by atoms with van der Waals surface area (Å²) in [5.74, 6) is -0.442. The first-order valence-corrected chi connectivity index (χ1v) is 7.05. The Morgan fingerprint density at radius 2 is 2.05 bits per heavy atom. The second-order valence-electron chi connectivity index (χ2n) is 5.64. The van der Waals surface area contributed by atoms with Gasteiger partial charge in [0.25, 0.3) is 0 Å². The number of amides is 1. The maximum Gasteiger partial charge on any atom is 0.326 e. The van der Waals surface area contributed by atoms with Gasteiger partial charge in [-0.1, -0.05) is 13.8 Å². The van der Waals surface area contributed by atoms with E-state index < -0.39 is 12.0 Å². The van der Waals surface area contributed by atoms with Gasteiger partial charge in [-0.25, -0.2) is 4.79 Å². The Morgan fingerprint density at radius 1 is 1.37 bits per heavy atom. The fourth-order valence-corrected chi connectivity index (χ4v) is 2.54. The second kappa shape index (κ2) is 7.48. The summed E-state index contributed by atoms with van der Waals surface area (Å²) in [5.41, 5.74) is 0. The monoisotopic (exact) mass is 271 g/mol. The summed E-state index contributed by atoms with van der Waals surface area (Å²) in [6, 6.07) is -0.638. The second-order valence-corrected chi connectivity index (χ2v) is 5.64. The molecule has 2 atom stereocenters. The standard InChI is InChI=1S/C14H25NO4/c1-10(2)9-11(3)19-8-6-13(16)15-7-4-5-12(15)14(17)18/h10-12H,4-9H2,1-3H3,(H,17,18). The quantitative estimate of drug-likeness (QED) is 0.768. The van der Waals surface area contributed by atoms with Gasteiger partial charge >= 0.3 is 5.97 Å². The molecular formula is C14H25NO4. The molecule has 19 heavy (non-hydrogen) atoms. The number of hydrogen-bond donors (Lipinski definition) is 1. The highest BCUT2D eigenvalue weighted by molar-refractivity contribution is 5.84. The van der Waals surface area contributed by atoms with Crippen molar-refractivity contribution in [2.24, 2.45) is 5.92 Å². The minimum absolute atomic E-state index is 0.110. The van der Waals surface area contributed by atoms with Gasteiger partial charge in [-0.3, -0.25) is 4.79 Å². The molecule has 0 radical (unpaired) electrons. The van der Waals surface area contributed by atoms with Crippen molar-refractivity contribution in [1.29, 1.82) is 0 Å². The average Bonchev–Trinajstić information content (AvgIpc) is 2.76. The van der Waals surface area contributed by atoms with E-state index in [2.05, 4.69) is 13.8 Å². The van der Waals surface area contributed by atoms with Crippen molar-refractivity contribution in [3.05, 3.63) is 0 Å². The Morgan fingerprint density at radius 3 is 2.63 bits per heavy atom. The molecule has 1 heterocycles. The van der Waals surface area contributed by atoms with E-state index in [-0.39, 0.29) is 18.4 Å². The summed E-state index contributed by atoms with van der Waals surface area (Å²) < 4.78 is 5.58. The molecule has 5 heteroatoms. The molecule has 110 valence electrons. The summed E-state index contributed by atoms with van der Waals surface area (Å²) in [6.07, 6.45) is 2.71. The maximum absolute atomic E-state index is 11.9. The number of carbonyl (C=O) groups excluding carboxylic acids is 1. The molecule has 1 aliphatic rings. The summed E-state index contributed by atoms with van der Waals surface area (Å²) in [6.45, 7) is 7.19. The van der Waals surface area contributed by atoms with Crippen LogP contribution in [0.25, 0.3) is 0 Å².